The fraction of sp³-hybridized carbons (Fsp3) is 0.500. The summed E-state index contributed by atoms with van der Waals surface area (Å²) >= 11 is 0. The maximum atomic E-state index is 11.0. The number of methoxy groups -OCH3 is 1. The van der Waals surface area contributed by atoms with Gasteiger partial charge in [0.2, 0.25) is 0 Å². The van der Waals surface area contributed by atoms with Gasteiger partial charge in [0.15, 0.2) is 0 Å². The molecule has 1 fully saturated rings. The summed E-state index contributed by atoms with van der Waals surface area (Å²) < 4.78 is 10.8. The number of carboxylic acid groups (broad SMARTS) is 1. The molecule has 104 valence electrons. The van der Waals surface area contributed by atoms with Crippen LogP contribution >= 0.6 is 0 Å². The normalized spacial score (nSPS) is 22.8. The third-order valence-corrected chi connectivity index (χ3v) is 3.29. The molecular formula is C14H19NO4. The lowest BCUT2D eigenvalue weighted by atomic mass is 10.0. The SMILES string of the molecule is COc1ccc(C(=O)O)cc1NC1CCOC(C)C1. The number of rotatable bonds is 4. The number of hydrogen-bond acceptors (Lipinski definition) is 4. The minimum atomic E-state index is -0.939. The molecule has 0 amide bonds. The van der Waals surface area contributed by atoms with Gasteiger partial charge < -0.3 is 19.9 Å². The fourth-order valence-electron chi connectivity index (χ4n) is 2.30. The molecule has 0 radical (unpaired) electrons. The number of carboxylic acids is 1. The zero-order valence-electron chi connectivity index (χ0n) is 11.2. The Hall–Kier alpha value is -1.75. The lowest BCUT2D eigenvalue weighted by molar-refractivity contribution is 0.0232. The van der Waals surface area contributed by atoms with Gasteiger partial charge in [-0.15, -0.1) is 0 Å². The first-order valence-electron chi connectivity index (χ1n) is 6.39. The van der Waals surface area contributed by atoms with E-state index >= 15 is 0 Å². The first kappa shape index (κ1) is 13.7. The van der Waals surface area contributed by atoms with Crippen molar-refractivity contribution in [1.29, 1.82) is 0 Å². The predicted molar refractivity (Wildman–Crippen MR) is 72.0 cm³/mol. The molecule has 2 rings (SSSR count). The highest BCUT2D eigenvalue weighted by Gasteiger charge is 2.20. The average molecular weight is 265 g/mol. The summed E-state index contributed by atoms with van der Waals surface area (Å²) in [4.78, 5) is 11.0. The molecule has 2 atom stereocenters. The van der Waals surface area contributed by atoms with Crippen LogP contribution in [0.2, 0.25) is 0 Å². The van der Waals surface area contributed by atoms with Crippen molar-refractivity contribution in [3.05, 3.63) is 23.8 Å². The standard InChI is InChI=1S/C14H19NO4/c1-9-7-11(5-6-19-9)15-12-8-10(14(16)17)3-4-13(12)18-2/h3-4,8-9,11,15H,5-7H2,1-2H3,(H,16,17). The lowest BCUT2D eigenvalue weighted by Crippen LogP contribution is -2.32. The molecule has 1 aliphatic rings. The molecule has 0 spiro atoms. The Labute approximate surface area is 112 Å². The van der Waals surface area contributed by atoms with Crippen molar-refractivity contribution in [2.24, 2.45) is 0 Å². The second-order valence-electron chi connectivity index (χ2n) is 4.77. The zero-order chi connectivity index (χ0) is 13.8. The average Bonchev–Trinajstić information content (AvgIpc) is 2.38. The summed E-state index contributed by atoms with van der Waals surface area (Å²) in [5.74, 6) is -0.282. The number of anilines is 1. The first-order chi connectivity index (χ1) is 9.10. The second kappa shape index (κ2) is 5.93. The van der Waals surface area contributed by atoms with Crippen LogP contribution in [0.4, 0.5) is 5.69 Å². The molecule has 1 saturated heterocycles. The molecule has 0 bridgehead atoms. The zero-order valence-corrected chi connectivity index (χ0v) is 11.2. The summed E-state index contributed by atoms with van der Waals surface area (Å²) in [5.41, 5.74) is 0.977. The van der Waals surface area contributed by atoms with Crippen LogP contribution in [0, 0.1) is 0 Å². The molecule has 1 aromatic carbocycles. The van der Waals surface area contributed by atoms with Gasteiger partial charge in [0.25, 0.3) is 0 Å². The van der Waals surface area contributed by atoms with Crippen molar-refractivity contribution < 1.29 is 19.4 Å². The molecule has 5 nitrogen and oxygen atoms in total. The first-order valence-corrected chi connectivity index (χ1v) is 6.39. The van der Waals surface area contributed by atoms with Crippen molar-refractivity contribution in [2.45, 2.75) is 31.9 Å². The van der Waals surface area contributed by atoms with E-state index in [0.717, 1.165) is 25.1 Å². The van der Waals surface area contributed by atoms with Crippen molar-refractivity contribution >= 4 is 11.7 Å². The minimum absolute atomic E-state index is 0.222. The number of benzene rings is 1. The van der Waals surface area contributed by atoms with Crippen LogP contribution in [0.5, 0.6) is 5.75 Å². The van der Waals surface area contributed by atoms with Gasteiger partial charge in [-0.25, -0.2) is 4.79 Å². The van der Waals surface area contributed by atoms with Gasteiger partial charge in [-0.3, -0.25) is 0 Å². The summed E-state index contributed by atoms with van der Waals surface area (Å²) in [7, 11) is 1.58. The van der Waals surface area contributed by atoms with E-state index in [-0.39, 0.29) is 17.7 Å². The fourth-order valence-corrected chi connectivity index (χ4v) is 2.30. The number of nitrogens with one attached hydrogen (secondary N) is 1. The summed E-state index contributed by atoms with van der Waals surface area (Å²) in [6.45, 7) is 2.76. The van der Waals surface area contributed by atoms with Gasteiger partial charge in [0.05, 0.1) is 24.5 Å². The van der Waals surface area contributed by atoms with Crippen LogP contribution in [0.1, 0.15) is 30.1 Å². The Morgan fingerprint density at radius 2 is 2.32 bits per heavy atom. The summed E-state index contributed by atoms with van der Waals surface area (Å²) in [6.07, 6.45) is 2.03. The van der Waals surface area contributed by atoms with Crippen molar-refractivity contribution in [1.82, 2.24) is 0 Å². The largest absolute Gasteiger partial charge is 0.495 e. The van der Waals surface area contributed by atoms with E-state index in [9.17, 15) is 4.79 Å². The second-order valence-corrected chi connectivity index (χ2v) is 4.77. The van der Waals surface area contributed by atoms with Gasteiger partial charge in [-0.05, 0) is 38.0 Å². The highest BCUT2D eigenvalue weighted by atomic mass is 16.5. The summed E-state index contributed by atoms with van der Waals surface area (Å²) in [6, 6.07) is 5.11. The van der Waals surface area contributed by atoms with Gasteiger partial charge in [0, 0.05) is 12.6 Å². The Kier molecular flexibility index (Phi) is 4.27. The molecule has 0 saturated carbocycles. The Morgan fingerprint density at radius 1 is 1.53 bits per heavy atom. The maximum absolute atomic E-state index is 11.0. The van der Waals surface area contributed by atoms with Gasteiger partial charge in [-0.2, -0.15) is 0 Å². The smallest absolute Gasteiger partial charge is 0.335 e. The molecule has 1 aliphatic heterocycles. The minimum Gasteiger partial charge on any atom is -0.495 e. The molecular weight excluding hydrogens is 246 g/mol. The van der Waals surface area contributed by atoms with Crippen LogP contribution in [-0.2, 0) is 4.74 Å². The molecule has 5 heteroatoms. The molecule has 2 N–H and O–H groups in total. The van der Waals surface area contributed by atoms with Gasteiger partial charge >= 0.3 is 5.97 Å². The third kappa shape index (κ3) is 3.38. The number of aromatic carboxylic acids is 1. The van der Waals surface area contributed by atoms with E-state index in [4.69, 9.17) is 14.6 Å². The van der Waals surface area contributed by atoms with E-state index in [1.165, 1.54) is 0 Å². The van der Waals surface area contributed by atoms with Crippen molar-refractivity contribution in [2.75, 3.05) is 19.0 Å². The van der Waals surface area contributed by atoms with Crippen LogP contribution < -0.4 is 10.1 Å². The molecule has 2 unspecified atom stereocenters. The highest BCUT2D eigenvalue weighted by Crippen LogP contribution is 2.28. The van der Waals surface area contributed by atoms with Crippen LogP contribution in [0.25, 0.3) is 0 Å². The maximum Gasteiger partial charge on any atom is 0.335 e. The molecule has 1 aromatic rings. The molecule has 0 aromatic heterocycles. The van der Waals surface area contributed by atoms with Crippen molar-refractivity contribution in [3.8, 4) is 5.75 Å². The lowest BCUT2D eigenvalue weighted by Gasteiger charge is -2.29. The highest BCUT2D eigenvalue weighted by molar-refractivity contribution is 5.89. The van der Waals surface area contributed by atoms with E-state index in [1.54, 1.807) is 25.3 Å². The third-order valence-electron chi connectivity index (χ3n) is 3.29. The Balaban J connectivity index is 2.17. The van der Waals surface area contributed by atoms with E-state index in [0.29, 0.717) is 5.75 Å². The molecule has 0 aliphatic carbocycles. The summed E-state index contributed by atoms with van der Waals surface area (Å²) in [5, 5.41) is 12.4. The van der Waals surface area contributed by atoms with E-state index in [2.05, 4.69) is 5.32 Å². The van der Waals surface area contributed by atoms with Crippen molar-refractivity contribution in [3.63, 3.8) is 0 Å². The number of hydrogen-bond donors (Lipinski definition) is 2. The predicted octanol–water partition coefficient (Wildman–Crippen LogP) is 2.37. The molecule has 1 heterocycles. The van der Waals surface area contributed by atoms with E-state index in [1.807, 2.05) is 6.92 Å². The van der Waals surface area contributed by atoms with Crippen LogP contribution in [0.3, 0.4) is 0 Å². The number of ether oxygens (including phenoxy) is 2. The topological polar surface area (TPSA) is 67.8 Å². The van der Waals surface area contributed by atoms with Gasteiger partial charge in [0.1, 0.15) is 5.75 Å². The van der Waals surface area contributed by atoms with E-state index < -0.39 is 5.97 Å². The molecule has 19 heavy (non-hydrogen) atoms. The van der Waals surface area contributed by atoms with Crippen LogP contribution in [-0.4, -0.2) is 36.9 Å². The number of carbonyl (C=O) groups is 1. The monoisotopic (exact) mass is 265 g/mol. The quantitative estimate of drug-likeness (QED) is 0.874. The Bertz CT molecular complexity index is 461. The van der Waals surface area contributed by atoms with Crippen LogP contribution in [0.15, 0.2) is 18.2 Å². The van der Waals surface area contributed by atoms with Gasteiger partial charge in [-0.1, -0.05) is 0 Å². The Morgan fingerprint density at radius 3 is 2.95 bits per heavy atom.